The molecular weight excluding hydrogens is 279 g/mol. The maximum absolute atomic E-state index is 13.1. The third-order valence-corrected chi connectivity index (χ3v) is 4.62. The van der Waals surface area contributed by atoms with E-state index in [0.717, 1.165) is 35.8 Å². The molecular formula is C17H23FN4. The number of aromatic nitrogens is 3. The highest BCUT2D eigenvalue weighted by Crippen LogP contribution is 2.28. The Morgan fingerprint density at radius 2 is 1.86 bits per heavy atom. The normalized spacial score (nSPS) is 16.1. The SMILES string of the molecule is NCc1nnn(-c2ccc(F)cc2)c1CCC1CCCCC1. The molecule has 2 aromatic rings. The zero-order valence-corrected chi connectivity index (χ0v) is 12.8. The van der Waals surface area contributed by atoms with Gasteiger partial charge >= 0.3 is 0 Å². The highest BCUT2D eigenvalue weighted by atomic mass is 19.1. The second kappa shape index (κ2) is 7.01. The van der Waals surface area contributed by atoms with E-state index in [1.54, 1.807) is 12.1 Å². The van der Waals surface area contributed by atoms with Gasteiger partial charge in [-0.1, -0.05) is 37.3 Å². The van der Waals surface area contributed by atoms with Crippen molar-refractivity contribution in [3.8, 4) is 5.69 Å². The Bertz CT molecular complexity index is 600. The number of benzene rings is 1. The van der Waals surface area contributed by atoms with Crippen molar-refractivity contribution >= 4 is 0 Å². The molecule has 3 rings (SSSR count). The van der Waals surface area contributed by atoms with Crippen LogP contribution < -0.4 is 5.73 Å². The molecule has 118 valence electrons. The number of nitrogens with two attached hydrogens (primary N) is 1. The van der Waals surface area contributed by atoms with E-state index in [0.29, 0.717) is 6.54 Å². The van der Waals surface area contributed by atoms with Crippen LogP contribution in [0.5, 0.6) is 0 Å². The molecule has 1 aromatic carbocycles. The first-order valence-corrected chi connectivity index (χ1v) is 8.17. The van der Waals surface area contributed by atoms with E-state index < -0.39 is 0 Å². The van der Waals surface area contributed by atoms with Crippen molar-refractivity contribution < 1.29 is 4.39 Å². The van der Waals surface area contributed by atoms with Gasteiger partial charge in [-0.25, -0.2) is 9.07 Å². The fourth-order valence-electron chi connectivity index (χ4n) is 3.35. The van der Waals surface area contributed by atoms with Crippen LogP contribution in [-0.4, -0.2) is 15.0 Å². The maximum atomic E-state index is 13.1. The van der Waals surface area contributed by atoms with Gasteiger partial charge in [-0.05, 0) is 43.0 Å². The predicted molar refractivity (Wildman–Crippen MR) is 84.1 cm³/mol. The van der Waals surface area contributed by atoms with Crippen molar-refractivity contribution in [3.63, 3.8) is 0 Å². The van der Waals surface area contributed by atoms with Crippen LogP contribution in [0, 0.1) is 11.7 Å². The first kappa shape index (κ1) is 15.2. The Morgan fingerprint density at radius 3 is 2.55 bits per heavy atom. The predicted octanol–water partition coefficient (Wildman–Crippen LogP) is 3.38. The average molecular weight is 302 g/mol. The molecule has 0 unspecified atom stereocenters. The number of rotatable bonds is 5. The van der Waals surface area contributed by atoms with Gasteiger partial charge in [-0.2, -0.15) is 0 Å². The van der Waals surface area contributed by atoms with E-state index in [9.17, 15) is 4.39 Å². The summed E-state index contributed by atoms with van der Waals surface area (Å²) in [5.74, 6) is 0.558. The van der Waals surface area contributed by atoms with Gasteiger partial charge in [0, 0.05) is 6.54 Å². The summed E-state index contributed by atoms with van der Waals surface area (Å²) >= 11 is 0. The van der Waals surface area contributed by atoms with Crippen LogP contribution in [0.25, 0.3) is 5.69 Å². The summed E-state index contributed by atoms with van der Waals surface area (Å²) in [6, 6.07) is 6.36. The van der Waals surface area contributed by atoms with E-state index in [4.69, 9.17) is 5.73 Å². The Balaban J connectivity index is 1.79. The van der Waals surface area contributed by atoms with Crippen LogP contribution in [0.15, 0.2) is 24.3 Å². The Labute approximate surface area is 130 Å². The third kappa shape index (κ3) is 3.35. The van der Waals surface area contributed by atoms with E-state index in [2.05, 4.69) is 10.3 Å². The standard InChI is InChI=1S/C17H23FN4/c18-14-7-9-15(10-8-14)22-17(16(12-19)20-21-22)11-6-13-4-2-1-3-5-13/h7-10,13H,1-6,11-12,19H2. The topological polar surface area (TPSA) is 56.7 Å². The summed E-state index contributed by atoms with van der Waals surface area (Å²) in [6.07, 6.45) is 8.82. The van der Waals surface area contributed by atoms with Crippen LogP contribution in [0.3, 0.4) is 0 Å². The molecule has 2 N–H and O–H groups in total. The second-order valence-corrected chi connectivity index (χ2v) is 6.12. The van der Waals surface area contributed by atoms with Crippen LogP contribution >= 0.6 is 0 Å². The zero-order valence-electron chi connectivity index (χ0n) is 12.8. The molecule has 1 aliphatic carbocycles. The fraction of sp³-hybridized carbons (Fsp3) is 0.529. The molecule has 4 nitrogen and oxygen atoms in total. The summed E-state index contributed by atoms with van der Waals surface area (Å²) < 4.78 is 14.9. The van der Waals surface area contributed by atoms with Gasteiger partial charge in [0.05, 0.1) is 17.1 Å². The Hall–Kier alpha value is -1.75. The molecule has 22 heavy (non-hydrogen) atoms. The summed E-state index contributed by atoms with van der Waals surface area (Å²) in [7, 11) is 0. The first-order valence-electron chi connectivity index (χ1n) is 8.17. The number of hydrogen-bond acceptors (Lipinski definition) is 3. The molecule has 0 aliphatic heterocycles. The van der Waals surface area contributed by atoms with Crippen molar-refractivity contribution in [3.05, 3.63) is 41.5 Å². The van der Waals surface area contributed by atoms with Gasteiger partial charge in [0.15, 0.2) is 0 Å². The van der Waals surface area contributed by atoms with Crippen molar-refractivity contribution in [1.29, 1.82) is 0 Å². The molecule has 0 bridgehead atoms. The van der Waals surface area contributed by atoms with E-state index in [-0.39, 0.29) is 5.82 Å². The molecule has 1 fully saturated rings. The Morgan fingerprint density at radius 1 is 1.14 bits per heavy atom. The molecule has 1 heterocycles. The molecule has 1 aliphatic rings. The first-order chi connectivity index (χ1) is 10.8. The zero-order chi connectivity index (χ0) is 15.4. The van der Waals surface area contributed by atoms with Crippen molar-refractivity contribution in [2.24, 2.45) is 11.7 Å². The molecule has 0 atom stereocenters. The highest BCUT2D eigenvalue weighted by Gasteiger charge is 2.18. The summed E-state index contributed by atoms with van der Waals surface area (Å²) in [6.45, 7) is 0.390. The highest BCUT2D eigenvalue weighted by molar-refractivity contribution is 5.33. The molecule has 0 amide bonds. The third-order valence-electron chi connectivity index (χ3n) is 4.62. The lowest BCUT2D eigenvalue weighted by Crippen LogP contribution is -2.11. The minimum Gasteiger partial charge on any atom is -0.325 e. The molecule has 0 saturated heterocycles. The minimum atomic E-state index is -0.244. The van der Waals surface area contributed by atoms with Gasteiger partial charge in [0.1, 0.15) is 5.82 Å². The minimum absolute atomic E-state index is 0.244. The van der Waals surface area contributed by atoms with Gasteiger partial charge in [-0.15, -0.1) is 5.10 Å². The average Bonchev–Trinajstić information content (AvgIpc) is 2.97. The number of nitrogens with zero attached hydrogens (tertiary/aromatic N) is 3. The summed E-state index contributed by atoms with van der Waals surface area (Å²) in [5.41, 5.74) is 8.56. The smallest absolute Gasteiger partial charge is 0.123 e. The lowest BCUT2D eigenvalue weighted by molar-refractivity contribution is 0.337. The van der Waals surface area contributed by atoms with Gasteiger partial charge < -0.3 is 5.73 Å². The maximum Gasteiger partial charge on any atom is 0.123 e. The fourth-order valence-corrected chi connectivity index (χ4v) is 3.35. The monoisotopic (exact) mass is 302 g/mol. The lowest BCUT2D eigenvalue weighted by Gasteiger charge is -2.21. The van der Waals surface area contributed by atoms with Crippen molar-refractivity contribution in [2.75, 3.05) is 0 Å². The van der Waals surface area contributed by atoms with Crippen LogP contribution in [0.4, 0.5) is 4.39 Å². The van der Waals surface area contributed by atoms with E-state index in [1.807, 2.05) is 4.68 Å². The summed E-state index contributed by atoms with van der Waals surface area (Å²) in [4.78, 5) is 0. The molecule has 1 saturated carbocycles. The number of hydrogen-bond donors (Lipinski definition) is 1. The van der Waals surface area contributed by atoms with Gasteiger partial charge in [0.25, 0.3) is 0 Å². The molecule has 5 heteroatoms. The quantitative estimate of drug-likeness (QED) is 0.921. The lowest BCUT2D eigenvalue weighted by atomic mass is 9.85. The molecule has 0 radical (unpaired) electrons. The largest absolute Gasteiger partial charge is 0.325 e. The number of halogens is 1. The van der Waals surface area contributed by atoms with Gasteiger partial charge in [0.2, 0.25) is 0 Å². The van der Waals surface area contributed by atoms with Crippen LogP contribution in [0.1, 0.15) is 49.9 Å². The van der Waals surface area contributed by atoms with Crippen molar-refractivity contribution in [2.45, 2.75) is 51.5 Å². The van der Waals surface area contributed by atoms with Crippen molar-refractivity contribution in [1.82, 2.24) is 15.0 Å². The molecule has 1 aromatic heterocycles. The van der Waals surface area contributed by atoms with E-state index >= 15 is 0 Å². The molecule has 0 spiro atoms. The van der Waals surface area contributed by atoms with E-state index in [1.165, 1.54) is 44.2 Å². The van der Waals surface area contributed by atoms with Crippen LogP contribution in [0.2, 0.25) is 0 Å². The van der Waals surface area contributed by atoms with Crippen LogP contribution in [-0.2, 0) is 13.0 Å². The summed E-state index contributed by atoms with van der Waals surface area (Å²) in [5, 5.41) is 8.41. The Kier molecular flexibility index (Phi) is 4.83. The second-order valence-electron chi connectivity index (χ2n) is 6.12. The van der Waals surface area contributed by atoms with Gasteiger partial charge in [-0.3, -0.25) is 0 Å².